The third kappa shape index (κ3) is 2.88. The summed E-state index contributed by atoms with van der Waals surface area (Å²) in [6, 6.07) is 23.7. The van der Waals surface area contributed by atoms with Crippen LogP contribution in [0.4, 0.5) is 0 Å². The van der Waals surface area contributed by atoms with E-state index >= 15 is 0 Å². The van der Waals surface area contributed by atoms with Crippen molar-refractivity contribution in [1.29, 1.82) is 0 Å². The lowest BCUT2D eigenvalue weighted by Crippen LogP contribution is -2.00. The second-order valence-electron chi connectivity index (χ2n) is 5.75. The quantitative estimate of drug-likeness (QED) is 0.506. The smallest absolute Gasteiger partial charge is 0.197 e. The van der Waals surface area contributed by atoms with Crippen LogP contribution >= 0.6 is 0 Å². The van der Waals surface area contributed by atoms with Gasteiger partial charge in [0.25, 0.3) is 0 Å². The lowest BCUT2D eigenvalue weighted by molar-refractivity contribution is 0.0990. The molecule has 0 saturated carbocycles. The molecule has 3 aromatic carbocycles. The number of hydrogen-bond acceptors (Lipinski definition) is 3. The van der Waals surface area contributed by atoms with Gasteiger partial charge in [0.05, 0.1) is 5.57 Å². The van der Waals surface area contributed by atoms with Gasteiger partial charge in [0, 0.05) is 11.1 Å². The van der Waals surface area contributed by atoms with E-state index in [9.17, 15) is 9.59 Å². The Hall–Kier alpha value is -3.46. The van der Waals surface area contributed by atoms with Crippen LogP contribution in [0, 0.1) is 0 Å². The van der Waals surface area contributed by atoms with E-state index < -0.39 is 0 Å². The molecule has 0 unspecified atom stereocenters. The Labute approximate surface area is 145 Å². The first-order valence-electron chi connectivity index (χ1n) is 7.95. The van der Waals surface area contributed by atoms with Gasteiger partial charge in [-0.1, -0.05) is 54.6 Å². The molecule has 0 aromatic heterocycles. The molecule has 1 aliphatic rings. The minimum atomic E-state index is -0.227. The van der Waals surface area contributed by atoms with Crippen LogP contribution in [0.2, 0.25) is 0 Å². The van der Waals surface area contributed by atoms with Crippen LogP contribution < -0.4 is 4.74 Å². The highest BCUT2D eigenvalue weighted by atomic mass is 16.5. The van der Waals surface area contributed by atoms with Crippen LogP contribution in [0.5, 0.6) is 11.5 Å². The maximum Gasteiger partial charge on any atom is 0.197 e. The van der Waals surface area contributed by atoms with Crippen molar-refractivity contribution in [3.8, 4) is 11.5 Å². The minimum Gasteiger partial charge on any atom is -0.457 e. The number of hydrogen-bond donors (Lipinski definition) is 0. The number of allylic oxidation sites excluding steroid dienone is 1. The molecule has 0 atom stereocenters. The molecule has 0 amide bonds. The van der Waals surface area contributed by atoms with Gasteiger partial charge in [-0.25, -0.2) is 0 Å². The number of para-hydroxylation sites is 1. The van der Waals surface area contributed by atoms with E-state index in [4.69, 9.17) is 4.74 Å². The van der Waals surface area contributed by atoms with Gasteiger partial charge in [-0.3, -0.25) is 9.59 Å². The summed E-state index contributed by atoms with van der Waals surface area (Å²) in [5.41, 5.74) is 1.88. The highest BCUT2D eigenvalue weighted by Gasteiger charge is 2.32. The highest BCUT2D eigenvalue weighted by molar-refractivity contribution is 6.41. The lowest BCUT2D eigenvalue weighted by atomic mass is 10.1. The zero-order chi connectivity index (χ0) is 17.2. The average Bonchev–Trinajstić information content (AvgIpc) is 2.88. The van der Waals surface area contributed by atoms with Gasteiger partial charge in [-0.05, 0) is 35.9 Å². The van der Waals surface area contributed by atoms with Crippen molar-refractivity contribution >= 4 is 17.6 Å². The molecular weight excluding hydrogens is 312 g/mol. The van der Waals surface area contributed by atoms with Gasteiger partial charge >= 0.3 is 0 Å². The van der Waals surface area contributed by atoms with Crippen LogP contribution in [0.15, 0.2) is 84.4 Å². The third-order valence-electron chi connectivity index (χ3n) is 4.05. The molecule has 0 heterocycles. The molecule has 120 valence electrons. The summed E-state index contributed by atoms with van der Waals surface area (Å²) >= 11 is 0. The summed E-state index contributed by atoms with van der Waals surface area (Å²) in [7, 11) is 0. The Morgan fingerprint density at radius 2 is 1.24 bits per heavy atom. The molecule has 3 nitrogen and oxygen atoms in total. The number of carbonyl (C=O) groups is 2. The van der Waals surface area contributed by atoms with Crippen molar-refractivity contribution in [3.05, 3.63) is 101 Å². The predicted molar refractivity (Wildman–Crippen MR) is 96.0 cm³/mol. The highest BCUT2D eigenvalue weighted by Crippen LogP contribution is 2.29. The molecule has 3 heteroatoms. The van der Waals surface area contributed by atoms with Crippen LogP contribution in [0.25, 0.3) is 6.08 Å². The van der Waals surface area contributed by atoms with Crippen molar-refractivity contribution in [3.63, 3.8) is 0 Å². The van der Waals surface area contributed by atoms with Crippen LogP contribution in [0.1, 0.15) is 26.3 Å². The molecule has 0 bridgehead atoms. The standard InChI is InChI=1S/C22H14O3/c23-21-18-11-4-5-12-19(18)22(24)20(21)14-15-7-6-10-17(13-15)25-16-8-2-1-3-9-16/h1-14H. The van der Waals surface area contributed by atoms with Crippen LogP contribution in [0.3, 0.4) is 0 Å². The fraction of sp³-hybridized carbons (Fsp3) is 0. The number of carbonyl (C=O) groups excluding carboxylic acids is 2. The Morgan fingerprint density at radius 3 is 1.92 bits per heavy atom. The first kappa shape index (κ1) is 15.1. The zero-order valence-corrected chi connectivity index (χ0v) is 13.3. The summed E-state index contributed by atoms with van der Waals surface area (Å²) in [4.78, 5) is 24.9. The zero-order valence-electron chi connectivity index (χ0n) is 13.3. The Kier molecular flexibility index (Phi) is 3.75. The molecule has 0 spiro atoms. The van der Waals surface area contributed by atoms with E-state index in [1.807, 2.05) is 54.6 Å². The third-order valence-corrected chi connectivity index (χ3v) is 4.05. The molecule has 3 aromatic rings. The number of benzene rings is 3. The summed E-state index contributed by atoms with van der Waals surface area (Å²) in [5, 5.41) is 0. The van der Waals surface area contributed by atoms with Crippen molar-refractivity contribution in [2.45, 2.75) is 0 Å². The predicted octanol–water partition coefficient (Wildman–Crippen LogP) is 4.94. The molecule has 0 radical (unpaired) electrons. The SMILES string of the molecule is O=C1C(=Cc2cccc(Oc3ccccc3)c2)C(=O)c2ccccc21. The molecule has 25 heavy (non-hydrogen) atoms. The Balaban J connectivity index is 1.65. The fourth-order valence-electron chi connectivity index (χ4n) is 2.86. The Morgan fingerprint density at radius 1 is 0.640 bits per heavy atom. The van der Waals surface area contributed by atoms with Gasteiger partial charge in [0.2, 0.25) is 0 Å². The van der Waals surface area contributed by atoms with Gasteiger partial charge in [0.1, 0.15) is 11.5 Å². The Bertz CT molecular complexity index is 964. The normalized spacial score (nSPS) is 12.9. The molecule has 4 rings (SSSR count). The van der Waals surface area contributed by atoms with Crippen LogP contribution in [-0.2, 0) is 0 Å². The second kappa shape index (κ2) is 6.21. The monoisotopic (exact) mass is 326 g/mol. The number of ketones is 2. The lowest BCUT2D eigenvalue weighted by Gasteiger charge is -2.06. The number of rotatable bonds is 3. The van der Waals surface area contributed by atoms with Crippen molar-refractivity contribution in [1.82, 2.24) is 0 Å². The van der Waals surface area contributed by atoms with E-state index in [1.165, 1.54) is 0 Å². The van der Waals surface area contributed by atoms with E-state index in [0.29, 0.717) is 16.9 Å². The van der Waals surface area contributed by atoms with Gasteiger partial charge < -0.3 is 4.74 Å². The summed E-state index contributed by atoms with van der Waals surface area (Å²) in [6.07, 6.45) is 1.63. The molecule has 0 aliphatic heterocycles. The van der Waals surface area contributed by atoms with Crippen molar-refractivity contribution in [2.75, 3.05) is 0 Å². The number of ether oxygens (including phenoxy) is 1. The topological polar surface area (TPSA) is 43.4 Å². The molecule has 0 fully saturated rings. The van der Waals surface area contributed by atoms with E-state index in [-0.39, 0.29) is 17.1 Å². The van der Waals surface area contributed by atoms with Crippen molar-refractivity contribution < 1.29 is 14.3 Å². The maximum atomic E-state index is 12.5. The molecule has 0 saturated heterocycles. The first-order valence-corrected chi connectivity index (χ1v) is 7.95. The number of Topliss-reactive ketones (excluding diaryl/α,β-unsaturated/α-hetero) is 2. The second-order valence-corrected chi connectivity index (χ2v) is 5.75. The summed E-state index contributed by atoms with van der Waals surface area (Å²) in [6.45, 7) is 0. The minimum absolute atomic E-state index is 0.193. The molecular formula is C22H14O3. The van der Waals surface area contributed by atoms with Crippen LogP contribution in [-0.4, -0.2) is 11.6 Å². The average molecular weight is 326 g/mol. The van der Waals surface area contributed by atoms with Gasteiger partial charge in [-0.2, -0.15) is 0 Å². The van der Waals surface area contributed by atoms with E-state index in [2.05, 4.69) is 0 Å². The molecule has 1 aliphatic carbocycles. The fourth-order valence-corrected chi connectivity index (χ4v) is 2.86. The molecule has 0 N–H and O–H groups in total. The largest absolute Gasteiger partial charge is 0.457 e. The maximum absolute atomic E-state index is 12.5. The van der Waals surface area contributed by atoms with E-state index in [0.717, 1.165) is 11.3 Å². The van der Waals surface area contributed by atoms with Crippen molar-refractivity contribution in [2.24, 2.45) is 0 Å². The van der Waals surface area contributed by atoms with Gasteiger partial charge in [0.15, 0.2) is 11.6 Å². The summed E-state index contributed by atoms with van der Waals surface area (Å²) < 4.78 is 5.80. The van der Waals surface area contributed by atoms with Gasteiger partial charge in [-0.15, -0.1) is 0 Å². The summed E-state index contributed by atoms with van der Waals surface area (Å²) in [5.74, 6) is 0.925. The van der Waals surface area contributed by atoms with E-state index in [1.54, 1.807) is 30.3 Å². The number of fused-ring (bicyclic) bond motifs is 1. The first-order chi connectivity index (χ1) is 12.2.